The lowest BCUT2D eigenvalue weighted by atomic mass is 9.85. The molecule has 2 N–H and O–H groups in total. The summed E-state index contributed by atoms with van der Waals surface area (Å²) in [5, 5.41) is 13.5. The van der Waals surface area contributed by atoms with E-state index in [9.17, 15) is 18.3 Å². The Morgan fingerprint density at radius 1 is 1.10 bits per heavy atom. The molecule has 118 valence electrons. The molecule has 0 aliphatic heterocycles. The molecule has 1 aromatic carbocycles. The van der Waals surface area contributed by atoms with Gasteiger partial charge < -0.3 is 10.4 Å². The van der Waals surface area contributed by atoms with Crippen LogP contribution >= 0.6 is 11.8 Å². The van der Waals surface area contributed by atoms with E-state index in [-0.39, 0.29) is 16.7 Å². The van der Waals surface area contributed by atoms with Crippen LogP contribution in [0, 0.1) is 0 Å². The van der Waals surface area contributed by atoms with Gasteiger partial charge in [0.15, 0.2) is 0 Å². The highest BCUT2D eigenvalue weighted by Crippen LogP contribution is 2.36. The summed E-state index contributed by atoms with van der Waals surface area (Å²) in [4.78, 5) is 0.192. The first-order valence-electron chi connectivity index (χ1n) is 7.14. The Labute approximate surface area is 127 Å². The van der Waals surface area contributed by atoms with Gasteiger partial charge in [0.1, 0.15) is 0 Å². The summed E-state index contributed by atoms with van der Waals surface area (Å²) in [5.74, 6) is 0. The Kier molecular flexibility index (Phi) is 5.57. The van der Waals surface area contributed by atoms with Crippen LogP contribution in [0.3, 0.4) is 0 Å². The summed E-state index contributed by atoms with van der Waals surface area (Å²) in [7, 11) is 0. The van der Waals surface area contributed by atoms with Crippen molar-refractivity contribution < 1.29 is 18.3 Å². The van der Waals surface area contributed by atoms with E-state index in [0.29, 0.717) is 13.1 Å². The maximum Gasteiger partial charge on any atom is 0.446 e. The van der Waals surface area contributed by atoms with E-state index in [0.717, 1.165) is 31.2 Å². The second-order valence-electron chi connectivity index (χ2n) is 5.58. The van der Waals surface area contributed by atoms with Gasteiger partial charge in [-0.3, -0.25) is 0 Å². The predicted molar refractivity (Wildman–Crippen MR) is 78.1 cm³/mol. The molecular formula is C15H20F3NOS. The molecule has 0 unspecified atom stereocenters. The maximum atomic E-state index is 12.2. The average molecular weight is 319 g/mol. The van der Waals surface area contributed by atoms with Gasteiger partial charge in [0.2, 0.25) is 0 Å². The van der Waals surface area contributed by atoms with Crippen molar-refractivity contribution in [3.8, 4) is 0 Å². The number of hydrogen-bond donors (Lipinski definition) is 2. The summed E-state index contributed by atoms with van der Waals surface area (Å²) in [5.41, 5.74) is -3.95. The second kappa shape index (κ2) is 7.03. The molecule has 0 bridgehead atoms. The first kappa shape index (κ1) is 16.6. The van der Waals surface area contributed by atoms with Gasteiger partial charge in [-0.15, -0.1) is 0 Å². The first-order chi connectivity index (χ1) is 9.86. The van der Waals surface area contributed by atoms with Crippen molar-refractivity contribution in [1.29, 1.82) is 0 Å². The molecule has 0 heterocycles. The second-order valence-corrected chi connectivity index (χ2v) is 6.72. The Balaban J connectivity index is 1.78. The van der Waals surface area contributed by atoms with Crippen molar-refractivity contribution in [3.05, 3.63) is 29.8 Å². The van der Waals surface area contributed by atoms with Crippen LogP contribution in [0.5, 0.6) is 0 Å². The number of nitrogens with one attached hydrogen (secondary N) is 1. The molecule has 1 aliphatic rings. The Morgan fingerprint density at radius 2 is 1.71 bits per heavy atom. The topological polar surface area (TPSA) is 32.3 Å². The molecule has 1 aliphatic carbocycles. The minimum atomic E-state index is -4.25. The van der Waals surface area contributed by atoms with Gasteiger partial charge in [0, 0.05) is 18.0 Å². The van der Waals surface area contributed by atoms with Crippen LogP contribution in [0.4, 0.5) is 13.2 Å². The molecule has 0 saturated heterocycles. The number of alkyl halides is 3. The van der Waals surface area contributed by atoms with Crippen LogP contribution < -0.4 is 5.32 Å². The van der Waals surface area contributed by atoms with Gasteiger partial charge in [-0.25, -0.2) is 0 Å². The third-order valence-electron chi connectivity index (χ3n) is 3.72. The summed E-state index contributed by atoms with van der Waals surface area (Å²) >= 11 is -0.105. The fourth-order valence-corrected chi connectivity index (χ4v) is 3.17. The third-order valence-corrected chi connectivity index (χ3v) is 4.46. The van der Waals surface area contributed by atoms with Crippen LogP contribution in [-0.4, -0.2) is 22.8 Å². The largest absolute Gasteiger partial charge is 0.446 e. The minimum Gasteiger partial charge on any atom is -0.389 e. The summed E-state index contributed by atoms with van der Waals surface area (Å²) in [6.45, 7) is 1.09. The highest BCUT2D eigenvalue weighted by molar-refractivity contribution is 8.00. The van der Waals surface area contributed by atoms with E-state index < -0.39 is 11.1 Å². The Hall–Kier alpha value is -0.720. The number of halogens is 3. The predicted octanol–water partition coefficient (Wildman–Crippen LogP) is 4.08. The fourth-order valence-electron chi connectivity index (χ4n) is 2.64. The van der Waals surface area contributed by atoms with Crippen LogP contribution in [0.2, 0.25) is 0 Å². The van der Waals surface area contributed by atoms with Gasteiger partial charge in [0.25, 0.3) is 0 Å². The Bertz CT molecular complexity index is 441. The molecule has 21 heavy (non-hydrogen) atoms. The lowest BCUT2D eigenvalue weighted by Crippen LogP contribution is -2.41. The molecule has 1 saturated carbocycles. The zero-order chi connectivity index (χ0) is 15.3. The lowest BCUT2D eigenvalue weighted by Gasteiger charge is -2.32. The highest BCUT2D eigenvalue weighted by Gasteiger charge is 2.29. The van der Waals surface area contributed by atoms with Crippen molar-refractivity contribution in [1.82, 2.24) is 5.32 Å². The van der Waals surface area contributed by atoms with Crippen LogP contribution in [0.1, 0.15) is 37.7 Å². The molecule has 0 aromatic heterocycles. The summed E-state index contributed by atoms with van der Waals surface area (Å²) in [6, 6.07) is 6.33. The first-order valence-corrected chi connectivity index (χ1v) is 7.96. The Morgan fingerprint density at radius 3 is 2.29 bits per heavy atom. The van der Waals surface area contributed by atoms with Gasteiger partial charge in [-0.1, -0.05) is 31.4 Å². The number of rotatable bonds is 5. The van der Waals surface area contributed by atoms with Crippen molar-refractivity contribution in [2.24, 2.45) is 0 Å². The molecule has 6 heteroatoms. The molecular weight excluding hydrogens is 299 g/mol. The smallest absolute Gasteiger partial charge is 0.389 e. The van der Waals surface area contributed by atoms with Crippen LogP contribution in [0.15, 0.2) is 29.2 Å². The van der Waals surface area contributed by atoms with E-state index in [1.807, 2.05) is 0 Å². The third kappa shape index (κ3) is 5.88. The number of benzene rings is 1. The van der Waals surface area contributed by atoms with Crippen molar-refractivity contribution in [2.45, 2.75) is 54.7 Å². The quantitative estimate of drug-likeness (QED) is 0.802. The minimum absolute atomic E-state index is 0.105. The van der Waals surface area contributed by atoms with Gasteiger partial charge >= 0.3 is 5.51 Å². The molecule has 0 atom stereocenters. The van der Waals surface area contributed by atoms with Gasteiger partial charge in [-0.2, -0.15) is 13.2 Å². The monoisotopic (exact) mass is 319 g/mol. The number of hydrogen-bond acceptors (Lipinski definition) is 3. The van der Waals surface area contributed by atoms with Gasteiger partial charge in [-0.05, 0) is 42.3 Å². The van der Waals surface area contributed by atoms with Crippen LogP contribution in [-0.2, 0) is 6.54 Å². The summed E-state index contributed by atoms with van der Waals surface area (Å²) in [6.07, 6.45) is 4.94. The van der Waals surface area contributed by atoms with E-state index >= 15 is 0 Å². The summed E-state index contributed by atoms with van der Waals surface area (Å²) < 4.78 is 36.6. The van der Waals surface area contributed by atoms with Gasteiger partial charge in [0.05, 0.1) is 5.60 Å². The maximum absolute atomic E-state index is 12.2. The molecule has 1 aromatic rings. The molecule has 0 spiro atoms. The molecule has 2 rings (SSSR count). The van der Waals surface area contributed by atoms with E-state index in [2.05, 4.69) is 5.32 Å². The standard InChI is InChI=1S/C15H20F3NOS/c16-15(17,18)21-13-6-4-12(5-7-13)10-19-11-14(20)8-2-1-3-9-14/h4-7,19-20H,1-3,8-11H2. The molecule has 2 nitrogen and oxygen atoms in total. The van der Waals surface area contributed by atoms with E-state index in [1.54, 1.807) is 12.1 Å². The zero-order valence-electron chi connectivity index (χ0n) is 11.7. The van der Waals surface area contributed by atoms with E-state index in [4.69, 9.17) is 0 Å². The highest BCUT2D eigenvalue weighted by atomic mass is 32.2. The number of thioether (sulfide) groups is 1. The number of aliphatic hydroxyl groups is 1. The van der Waals surface area contributed by atoms with Crippen molar-refractivity contribution in [3.63, 3.8) is 0 Å². The lowest BCUT2D eigenvalue weighted by molar-refractivity contribution is -0.0328. The van der Waals surface area contributed by atoms with Crippen molar-refractivity contribution in [2.75, 3.05) is 6.54 Å². The fraction of sp³-hybridized carbons (Fsp3) is 0.600. The normalized spacial score (nSPS) is 18.7. The van der Waals surface area contributed by atoms with Crippen LogP contribution in [0.25, 0.3) is 0 Å². The van der Waals surface area contributed by atoms with E-state index in [1.165, 1.54) is 18.6 Å². The molecule has 1 fully saturated rings. The average Bonchev–Trinajstić information content (AvgIpc) is 2.40. The molecule has 0 radical (unpaired) electrons. The van der Waals surface area contributed by atoms with Crippen molar-refractivity contribution >= 4 is 11.8 Å². The molecule has 0 amide bonds. The SMILES string of the molecule is OC1(CNCc2ccc(SC(F)(F)F)cc2)CCCCC1. The zero-order valence-corrected chi connectivity index (χ0v) is 12.6.